The highest BCUT2D eigenvalue weighted by Gasteiger charge is 2.23. The average molecular weight is 411 g/mol. The molecule has 0 radical (unpaired) electrons. The Morgan fingerprint density at radius 3 is 2.40 bits per heavy atom. The standard InChI is InChI=1S/C24H34N4O2/c1-17-15-25-16-18(2)23(17)24(29)26-12-9-19(3)28-13-10-21(11-14-28)27-20-5-7-22(30-4)8-6-20/h5-8,15-16,19,21,27H,9-14H2,1-4H3,(H,26,29)/t19-/m1/s1. The smallest absolute Gasteiger partial charge is 0.251 e. The molecule has 30 heavy (non-hydrogen) atoms. The number of nitrogens with zero attached hydrogens (tertiary/aromatic N) is 2. The molecule has 0 bridgehead atoms. The fourth-order valence-corrected chi connectivity index (χ4v) is 4.13. The van der Waals surface area contributed by atoms with Crippen LogP contribution in [0.25, 0.3) is 0 Å². The van der Waals surface area contributed by atoms with Crippen LogP contribution in [0.5, 0.6) is 5.75 Å². The zero-order chi connectivity index (χ0) is 21.5. The molecule has 1 saturated heterocycles. The molecule has 0 spiro atoms. The maximum Gasteiger partial charge on any atom is 0.251 e. The molecule has 0 aliphatic carbocycles. The van der Waals surface area contributed by atoms with Gasteiger partial charge in [0, 0.05) is 55.4 Å². The lowest BCUT2D eigenvalue weighted by atomic mass is 10.0. The van der Waals surface area contributed by atoms with Crippen LogP contribution in [0.15, 0.2) is 36.7 Å². The van der Waals surface area contributed by atoms with Gasteiger partial charge < -0.3 is 20.3 Å². The fraction of sp³-hybridized carbons (Fsp3) is 0.500. The molecule has 1 atom stereocenters. The average Bonchev–Trinajstić information content (AvgIpc) is 2.74. The number of methoxy groups -OCH3 is 1. The Morgan fingerprint density at radius 2 is 1.80 bits per heavy atom. The Labute approximate surface area is 180 Å². The second-order valence-electron chi connectivity index (χ2n) is 8.22. The number of aromatic nitrogens is 1. The first-order valence-electron chi connectivity index (χ1n) is 10.8. The molecule has 1 amide bonds. The molecule has 0 saturated carbocycles. The molecule has 2 aromatic rings. The Morgan fingerprint density at radius 1 is 1.17 bits per heavy atom. The van der Waals surface area contributed by atoms with Crippen molar-refractivity contribution >= 4 is 11.6 Å². The number of carbonyl (C=O) groups is 1. The molecule has 3 rings (SSSR count). The van der Waals surface area contributed by atoms with Crippen LogP contribution in [0.4, 0.5) is 5.69 Å². The van der Waals surface area contributed by atoms with Crippen molar-refractivity contribution in [3.8, 4) is 5.75 Å². The summed E-state index contributed by atoms with van der Waals surface area (Å²) in [4.78, 5) is 19.2. The van der Waals surface area contributed by atoms with Gasteiger partial charge in [0.05, 0.1) is 7.11 Å². The van der Waals surface area contributed by atoms with E-state index >= 15 is 0 Å². The molecule has 0 unspecified atom stereocenters. The summed E-state index contributed by atoms with van der Waals surface area (Å²) in [6.07, 6.45) is 6.69. The van der Waals surface area contributed by atoms with Gasteiger partial charge in [0.25, 0.3) is 5.91 Å². The number of benzene rings is 1. The summed E-state index contributed by atoms with van der Waals surface area (Å²) in [7, 11) is 1.69. The molecular formula is C24H34N4O2. The van der Waals surface area contributed by atoms with Crippen molar-refractivity contribution in [3.63, 3.8) is 0 Å². The van der Waals surface area contributed by atoms with Crippen molar-refractivity contribution < 1.29 is 9.53 Å². The number of pyridine rings is 1. The van der Waals surface area contributed by atoms with Crippen LogP contribution in [0.2, 0.25) is 0 Å². The van der Waals surface area contributed by atoms with Crippen LogP contribution in [0.1, 0.15) is 47.7 Å². The molecule has 2 heterocycles. The predicted molar refractivity (Wildman–Crippen MR) is 121 cm³/mol. The number of hydrogen-bond acceptors (Lipinski definition) is 5. The van der Waals surface area contributed by atoms with Gasteiger partial charge >= 0.3 is 0 Å². The van der Waals surface area contributed by atoms with Gasteiger partial charge in [0.2, 0.25) is 0 Å². The molecular weight excluding hydrogens is 376 g/mol. The van der Waals surface area contributed by atoms with E-state index in [1.54, 1.807) is 19.5 Å². The van der Waals surface area contributed by atoms with Crippen LogP contribution in [0, 0.1) is 13.8 Å². The van der Waals surface area contributed by atoms with Crippen LogP contribution >= 0.6 is 0 Å². The van der Waals surface area contributed by atoms with Crippen molar-refractivity contribution in [1.82, 2.24) is 15.2 Å². The second kappa shape index (κ2) is 10.4. The highest BCUT2D eigenvalue weighted by atomic mass is 16.5. The van der Waals surface area contributed by atoms with Gasteiger partial charge in [-0.1, -0.05) is 0 Å². The van der Waals surface area contributed by atoms with Crippen molar-refractivity contribution in [3.05, 3.63) is 53.3 Å². The molecule has 6 heteroatoms. The monoisotopic (exact) mass is 410 g/mol. The maximum absolute atomic E-state index is 12.5. The summed E-state index contributed by atoms with van der Waals surface area (Å²) >= 11 is 0. The fourth-order valence-electron chi connectivity index (χ4n) is 4.13. The number of ether oxygens (including phenoxy) is 1. The van der Waals surface area contributed by atoms with E-state index in [9.17, 15) is 4.79 Å². The summed E-state index contributed by atoms with van der Waals surface area (Å²) in [6, 6.07) is 9.07. The second-order valence-corrected chi connectivity index (χ2v) is 8.22. The van der Waals surface area contributed by atoms with Gasteiger partial charge in [-0.05, 0) is 75.4 Å². The van der Waals surface area contributed by atoms with Gasteiger partial charge in [-0.15, -0.1) is 0 Å². The molecule has 1 aliphatic rings. The van der Waals surface area contributed by atoms with Gasteiger partial charge in [0.15, 0.2) is 0 Å². The number of carbonyl (C=O) groups excluding carboxylic acids is 1. The number of amides is 1. The van der Waals surface area contributed by atoms with E-state index < -0.39 is 0 Å². The van der Waals surface area contributed by atoms with E-state index in [1.807, 2.05) is 26.0 Å². The van der Waals surface area contributed by atoms with Crippen LogP contribution < -0.4 is 15.4 Å². The third-order valence-electron chi connectivity index (χ3n) is 6.01. The quantitative estimate of drug-likeness (QED) is 0.693. The van der Waals surface area contributed by atoms with Gasteiger partial charge in [-0.2, -0.15) is 0 Å². The molecule has 2 N–H and O–H groups in total. The summed E-state index contributed by atoms with van der Waals surface area (Å²) in [6.45, 7) is 8.96. The SMILES string of the molecule is COc1ccc(NC2CCN([C@H](C)CCNC(=O)c3c(C)cncc3C)CC2)cc1. The Balaban J connectivity index is 1.39. The number of anilines is 1. The van der Waals surface area contributed by atoms with Crippen LogP contribution in [0.3, 0.4) is 0 Å². The summed E-state index contributed by atoms with van der Waals surface area (Å²) in [5.74, 6) is 0.882. The molecule has 1 fully saturated rings. The lowest BCUT2D eigenvalue weighted by molar-refractivity contribution is 0.0944. The Hall–Kier alpha value is -2.60. The minimum absolute atomic E-state index is 0.00185. The predicted octanol–water partition coefficient (Wildman–Crippen LogP) is 3.79. The molecule has 1 aliphatic heterocycles. The first-order valence-corrected chi connectivity index (χ1v) is 10.8. The van der Waals surface area contributed by atoms with Gasteiger partial charge in [-0.25, -0.2) is 0 Å². The van der Waals surface area contributed by atoms with Gasteiger partial charge in [-0.3, -0.25) is 9.78 Å². The van der Waals surface area contributed by atoms with Crippen LogP contribution in [-0.2, 0) is 0 Å². The first kappa shape index (κ1) is 22.1. The third kappa shape index (κ3) is 5.72. The molecule has 6 nitrogen and oxygen atoms in total. The summed E-state index contributed by atoms with van der Waals surface area (Å²) in [5, 5.41) is 6.72. The highest BCUT2D eigenvalue weighted by molar-refractivity contribution is 5.96. The van der Waals surface area contributed by atoms with Gasteiger partial charge in [0.1, 0.15) is 5.75 Å². The normalized spacial score (nSPS) is 16.1. The topological polar surface area (TPSA) is 66.5 Å². The van der Waals surface area contributed by atoms with E-state index in [0.717, 1.165) is 60.5 Å². The maximum atomic E-state index is 12.5. The van der Waals surface area contributed by atoms with E-state index in [4.69, 9.17) is 4.74 Å². The summed E-state index contributed by atoms with van der Waals surface area (Å²) < 4.78 is 5.22. The number of rotatable bonds is 8. The number of hydrogen-bond donors (Lipinski definition) is 2. The van der Waals surface area contributed by atoms with Crippen molar-refractivity contribution in [2.24, 2.45) is 0 Å². The minimum atomic E-state index is 0.00185. The van der Waals surface area contributed by atoms with Crippen molar-refractivity contribution in [1.29, 1.82) is 0 Å². The number of likely N-dealkylation sites (tertiary alicyclic amines) is 1. The van der Waals surface area contributed by atoms with E-state index in [1.165, 1.54) is 0 Å². The van der Waals surface area contributed by atoms with Crippen LogP contribution in [-0.4, -0.2) is 54.6 Å². The minimum Gasteiger partial charge on any atom is -0.497 e. The lowest BCUT2D eigenvalue weighted by Gasteiger charge is -2.36. The zero-order valence-electron chi connectivity index (χ0n) is 18.6. The molecule has 1 aromatic carbocycles. The van der Waals surface area contributed by atoms with E-state index in [-0.39, 0.29) is 5.91 Å². The first-order chi connectivity index (χ1) is 14.5. The largest absolute Gasteiger partial charge is 0.497 e. The Kier molecular flexibility index (Phi) is 7.69. The van der Waals surface area contributed by atoms with Crippen molar-refractivity contribution in [2.75, 3.05) is 32.1 Å². The molecule has 162 valence electrons. The summed E-state index contributed by atoms with van der Waals surface area (Å²) in [5.41, 5.74) is 3.74. The highest BCUT2D eigenvalue weighted by Crippen LogP contribution is 2.21. The lowest BCUT2D eigenvalue weighted by Crippen LogP contribution is -2.44. The number of aryl methyl sites for hydroxylation is 2. The zero-order valence-corrected chi connectivity index (χ0v) is 18.6. The number of piperidine rings is 1. The van der Waals surface area contributed by atoms with E-state index in [2.05, 4.69) is 39.6 Å². The Bertz CT molecular complexity index is 809. The van der Waals surface area contributed by atoms with Crippen molar-refractivity contribution in [2.45, 2.75) is 52.1 Å². The number of nitrogens with one attached hydrogen (secondary N) is 2. The van der Waals surface area contributed by atoms with E-state index in [0.29, 0.717) is 18.6 Å². The third-order valence-corrected chi connectivity index (χ3v) is 6.01. The molecule has 1 aromatic heterocycles.